The molecule has 2 aromatic rings. The summed E-state index contributed by atoms with van der Waals surface area (Å²) in [5.41, 5.74) is 2.05. The highest BCUT2D eigenvalue weighted by molar-refractivity contribution is 5.65. The van der Waals surface area contributed by atoms with Gasteiger partial charge in [0.2, 0.25) is 5.95 Å². The maximum absolute atomic E-state index is 4.87. The summed E-state index contributed by atoms with van der Waals surface area (Å²) in [7, 11) is 0. The standard InChI is InChI=1S/C21H30N4/c1-5-17-13-9-10-14-25(17)19-15-18(16-11-7-6-8-12-16)22-20(23-19)24-21(2,3)4/h6-8,11-12,15,17H,5,9-10,13-14H2,1-4H3,(H,22,23,24). The zero-order valence-corrected chi connectivity index (χ0v) is 15.9. The van der Waals surface area contributed by atoms with E-state index < -0.39 is 0 Å². The second-order valence-corrected chi connectivity index (χ2v) is 7.93. The van der Waals surface area contributed by atoms with Crippen LogP contribution >= 0.6 is 0 Å². The van der Waals surface area contributed by atoms with E-state index in [1.807, 2.05) is 6.07 Å². The van der Waals surface area contributed by atoms with Crippen LogP contribution in [0, 0.1) is 0 Å². The minimum atomic E-state index is -0.0708. The second-order valence-electron chi connectivity index (χ2n) is 7.93. The molecule has 1 aromatic heterocycles. The van der Waals surface area contributed by atoms with E-state index in [1.54, 1.807) is 0 Å². The minimum absolute atomic E-state index is 0.0708. The van der Waals surface area contributed by atoms with Crippen molar-refractivity contribution < 1.29 is 0 Å². The Kier molecular flexibility index (Phi) is 5.26. The summed E-state index contributed by atoms with van der Waals surface area (Å²) >= 11 is 0. The van der Waals surface area contributed by atoms with Crippen LogP contribution in [-0.2, 0) is 0 Å². The Labute approximate surface area is 151 Å². The van der Waals surface area contributed by atoms with Gasteiger partial charge < -0.3 is 10.2 Å². The topological polar surface area (TPSA) is 41.1 Å². The summed E-state index contributed by atoms with van der Waals surface area (Å²) in [5.74, 6) is 1.76. The van der Waals surface area contributed by atoms with Gasteiger partial charge in [0.15, 0.2) is 0 Å². The number of nitrogens with zero attached hydrogens (tertiary/aromatic N) is 3. The Morgan fingerprint density at radius 2 is 1.88 bits per heavy atom. The zero-order valence-electron chi connectivity index (χ0n) is 15.9. The van der Waals surface area contributed by atoms with Crippen molar-refractivity contribution in [3.05, 3.63) is 36.4 Å². The average Bonchev–Trinajstić information content (AvgIpc) is 2.60. The van der Waals surface area contributed by atoms with E-state index in [4.69, 9.17) is 9.97 Å². The highest BCUT2D eigenvalue weighted by Crippen LogP contribution is 2.29. The summed E-state index contributed by atoms with van der Waals surface area (Å²) in [6, 6.07) is 13.1. The summed E-state index contributed by atoms with van der Waals surface area (Å²) in [4.78, 5) is 12.1. The predicted octanol–water partition coefficient (Wildman–Crippen LogP) is 5.12. The summed E-state index contributed by atoms with van der Waals surface area (Å²) in [6.07, 6.45) is 4.97. The Morgan fingerprint density at radius 1 is 1.12 bits per heavy atom. The van der Waals surface area contributed by atoms with Crippen LogP contribution in [0.1, 0.15) is 53.4 Å². The van der Waals surface area contributed by atoms with E-state index in [0.717, 1.165) is 30.0 Å². The number of rotatable bonds is 4. The van der Waals surface area contributed by atoms with Crippen molar-refractivity contribution in [2.45, 2.75) is 65.0 Å². The number of hydrogen-bond acceptors (Lipinski definition) is 4. The lowest BCUT2D eigenvalue weighted by Crippen LogP contribution is -2.40. The van der Waals surface area contributed by atoms with Gasteiger partial charge in [0.05, 0.1) is 5.69 Å². The second kappa shape index (κ2) is 7.42. The SMILES string of the molecule is CCC1CCCCN1c1cc(-c2ccccc2)nc(NC(C)(C)C)n1. The average molecular weight is 338 g/mol. The van der Waals surface area contributed by atoms with Crippen LogP contribution in [0.25, 0.3) is 11.3 Å². The summed E-state index contributed by atoms with van der Waals surface area (Å²) < 4.78 is 0. The van der Waals surface area contributed by atoms with Crippen molar-refractivity contribution in [2.75, 3.05) is 16.8 Å². The fourth-order valence-electron chi connectivity index (χ4n) is 3.46. The van der Waals surface area contributed by atoms with E-state index in [2.05, 4.69) is 68.2 Å². The van der Waals surface area contributed by atoms with E-state index in [1.165, 1.54) is 19.3 Å². The maximum Gasteiger partial charge on any atom is 0.225 e. The molecule has 1 saturated heterocycles. The quantitative estimate of drug-likeness (QED) is 0.840. The molecule has 2 heterocycles. The highest BCUT2D eigenvalue weighted by Gasteiger charge is 2.24. The molecular weight excluding hydrogens is 308 g/mol. The van der Waals surface area contributed by atoms with Crippen LogP contribution < -0.4 is 10.2 Å². The van der Waals surface area contributed by atoms with Crippen molar-refractivity contribution >= 4 is 11.8 Å². The van der Waals surface area contributed by atoms with Gasteiger partial charge in [0.25, 0.3) is 0 Å². The number of aromatic nitrogens is 2. The number of hydrogen-bond donors (Lipinski definition) is 1. The van der Waals surface area contributed by atoms with Gasteiger partial charge in [-0.3, -0.25) is 0 Å². The van der Waals surface area contributed by atoms with E-state index in [9.17, 15) is 0 Å². The molecule has 1 N–H and O–H groups in total. The molecule has 0 saturated carbocycles. The largest absolute Gasteiger partial charge is 0.353 e. The van der Waals surface area contributed by atoms with Crippen LogP contribution in [0.15, 0.2) is 36.4 Å². The fraction of sp³-hybridized carbons (Fsp3) is 0.524. The van der Waals surface area contributed by atoms with Gasteiger partial charge in [-0.1, -0.05) is 37.3 Å². The summed E-state index contributed by atoms with van der Waals surface area (Å²) in [6.45, 7) is 9.78. The molecule has 4 heteroatoms. The first-order valence-electron chi connectivity index (χ1n) is 9.45. The lowest BCUT2D eigenvalue weighted by Gasteiger charge is -2.36. The third kappa shape index (κ3) is 4.50. The van der Waals surface area contributed by atoms with E-state index in [0.29, 0.717) is 12.0 Å². The molecular formula is C21H30N4. The van der Waals surface area contributed by atoms with Gasteiger partial charge in [-0.15, -0.1) is 0 Å². The Hall–Kier alpha value is -2.10. The first-order valence-corrected chi connectivity index (χ1v) is 9.45. The monoisotopic (exact) mass is 338 g/mol. The normalized spacial score (nSPS) is 18.2. The molecule has 0 spiro atoms. The van der Waals surface area contributed by atoms with Gasteiger partial charge in [0, 0.05) is 29.8 Å². The van der Waals surface area contributed by atoms with E-state index >= 15 is 0 Å². The van der Waals surface area contributed by atoms with Crippen LogP contribution in [0.5, 0.6) is 0 Å². The predicted molar refractivity (Wildman–Crippen MR) is 106 cm³/mol. The maximum atomic E-state index is 4.87. The third-order valence-electron chi connectivity index (χ3n) is 4.66. The minimum Gasteiger partial charge on any atom is -0.353 e. The molecule has 134 valence electrons. The summed E-state index contributed by atoms with van der Waals surface area (Å²) in [5, 5.41) is 3.45. The molecule has 4 nitrogen and oxygen atoms in total. The molecule has 1 aromatic carbocycles. The van der Waals surface area contributed by atoms with Gasteiger partial charge in [0.1, 0.15) is 5.82 Å². The molecule has 1 unspecified atom stereocenters. The molecule has 3 rings (SSSR count). The smallest absolute Gasteiger partial charge is 0.225 e. The van der Waals surface area contributed by atoms with Gasteiger partial charge in [-0.05, 0) is 46.5 Å². The molecule has 1 fully saturated rings. The molecule has 1 aliphatic heterocycles. The molecule has 0 amide bonds. The Bertz CT molecular complexity index is 691. The number of nitrogens with one attached hydrogen (secondary N) is 1. The van der Waals surface area contributed by atoms with Gasteiger partial charge in [-0.25, -0.2) is 4.98 Å². The van der Waals surface area contributed by atoms with Gasteiger partial charge in [-0.2, -0.15) is 4.98 Å². The molecule has 25 heavy (non-hydrogen) atoms. The number of benzene rings is 1. The van der Waals surface area contributed by atoms with Crippen LogP contribution in [0.2, 0.25) is 0 Å². The lowest BCUT2D eigenvalue weighted by molar-refractivity contribution is 0.446. The van der Waals surface area contributed by atoms with Crippen molar-refractivity contribution in [3.8, 4) is 11.3 Å². The van der Waals surface area contributed by atoms with Crippen molar-refractivity contribution in [1.82, 2.24) is 9.97 Å². The van der Waals surface area contributed by atoms with Crippen LogP contribution in [-0.4, -0.2) is 28.1 Å². The molecule has 1 atom stereocenters. The number of anilines is 2. The van der Waals surface area contributed by atoms with Crippen molar-refractivity contribution in [1.29, 1.82) is 0 Å². The van der Waals surface area contributed by atoms with Crippen molar-refractivity contribution in [2.24, 2.45) is 0 Å². The Morgan fingerprint density at radius 3 is 2.56 bits per heavy atom. The van der Waals surface area contributed by atoms with Crippen LogP contribution in [0.4, 0.5) is 11.8 Å². The zero-order chi connectivity index (χ0) is 17.9. The highest BCUT2D eigenvalue weighted by atomic mass is 15.3. The van der Waals surface area contributed by atoms with Crippen LogP contribution in [0.3, 0.4) is 0 Å². The molecule has 0 radical (unpaired) electrons. The lowest BCUT2D eigenvalue weighted by atomic mass is 10.00. The first-order chi connectivity index (χ1) is 12.0. The fourth-order valence-corrected chi connectivity index (χ4v) is 3.46. The molecule has 1 aliphatic rings. The van der Waals surface area contributed by atoms with E-state index in [-0.39, 0.29) is 5.54 Å². The van der Waals surface area contributed by atoms with Crippen molar-refractivity contribution in [3.63, 3.8) is 0 Å². The molecule has 0 bridgehead atoms. The molecule has 0 aliphatic carbocycles. The van der Waals surface area contributed by atoms with Gasteiger partial charge >= 0.3 is 0 Å². The first kappa shape index (κ1) is 17.7. The Balaban J connectivity index is 2.03. The third-order valence-corrected chi connectivity index (χ3v) is 4.66. The number of piperidine rings is 1.